The molecule has 0 saturated carbocycles. The van der Waals surface area contributed by atoms with Crippen molar-refractivity contribution < 1.29 is 38.7 Å². The van der Waals surface area contributed by atoms with Gasteiger partial charge in [-0.05, 0) is 13.0 Å². The van der Waals surface area contributed by atoms with Crippen LogP contribution in [-0.2, 0) is 9.36 Å². The summed E-state index contributed by atoms with van der Waals surface area (Å²) in [6.45, 7) is 1.80. The minimum Gasteiger partial charge on any atom is -0.499 e. The smallest absolute Gasteiger partial charge is 0.336 e. The number of carbonyl (C=O) groups is 2. The Balaban J connectivity index is 2.47. The first-order chi connectivity index (χ1) is 12.5. The van der Waals surface area contributed by atoms with Crippen molar-refractivity contribution in [1.29, 1.82) is 0 Å². The Labute approximate surface area is 152 Å². The van der Waals surface area contributed by atoms with E-state index in [1.165, 1.54) is 12.1 Å². The zero-order chi connectivity index (χ0) is 20.4. The molecule has 10 nitrogen and oxygen atoms in total. The van der Waals surface area contributed by atoms with Crippen molar-refractivity contribution in [1.82, 2.24) is 0 Å². The Morgan fingerprint density at radius 2 is 1.74 bits per heavy atom. The Morgan fingerprint density at radius 1 is 1.15 bits per heavy atom. The van der Waals surface area contributed by atoms with Gasteiger partial charge >= 0.3 is 19.3 Å². The topological polar surface area (TPSA) is 164 Å². The normalized spacial score (nSPS) is 11.1. The van der Waals surface area contributed by atoms with Crippen molar-refractivity contribution in [2.75, 3.05) is 6.16 Å². The van der Waals surface area contributed by atoms with Gasteiger partial charge < -0.3 is 19.6 Å². The maximum atomic E-state index is 12.5. The van der Waals surface area contributed by atoms with Gasteiger partial charge in [-0.25, -0.2) is 0 Å². The summed E-state index contributed by atoms with van der Waals surface area (Å²) in [5.41, 5.74) is -0.0577. The van der Waals surface area contributed by atoms with E-state index in [1.807, 2.05) is 0 Å². The number of hydrogen-bond donors (Lipinski definition) is 3. The lowest BCUT2D eigenvalue weighted by Gasteiger charge is -2.10. The minimum absolute atomic E-state index is 0.202. The first kappa shape index (κ1) is 20.2. The number of carbonyl (C=O) groups excluding carboxylic acids is 2. The van der Waals surface area contributed by atoms with E-state index >= 15 is 0 Å². The number of aromatic hydroxyl groups is 1. The zero-order valence-electron chi connectivity index (χ0n) is 13.9. The fourth-order valence-electron chi connectivity index (χ4n) is 2.14. The number of nitrogens with zero attached hydrogens (tertiary/aromatic N) is 1. The SMILES string of the molecule is Cc1ccc(C(=O)c2cc(OC(=O)CP(=O)(O)O)c(O)c([N+](=O)[O-])c2)cc1. The number of nitro benzene ring substituents is 1. The van der Waals surface area contributed by atoms with E-state index in [2.05, 4.69) is 4.74 Å². The Kier molecular flexibility index (Phi) is 5.75. The standard InChI is InChI=1S/C16H14NO9P/c1-9-2-4-10(5-3-9)15(19)11-6-12(17(21)22)16(20)13(7-11)26-14(18)8-27(23,24)25/h2-7,20H,8H2,1H3,(H2,23,24,25). The van der Waals surface area contributed by atoms with Crippen molar-refractivity contribution in [3.8, 4) is 11.5 Å². The van der Waals surface area contributed by atoms with Gasteiger partial charge in [0.15, 0.2) is 11.5 Å². The summed E-state index contributed by atoms with van der Waals surface area (Å²) in [6.07, 6.45) is -1.30. The molecule has 2 aromatic rings. The molecule has 142 valence electrons. The van der Waals surface area contributed by atoms with E-state index in [9.17, 15) is 29.4 Å². The molecule has 0 aliphatic heterocycles. The van der Waals surface area contributed by atoms with Crippen LogP contribution in [0.2, 0.25) is 0 Å². The fraction of sp³-hybridized carbons (Fsp3) is 0.125. The summed E-state index contributed by atoms with van der Waals surface area (Å²) in [7, 11) is -4.75. The van der Waals surface area contributed by atoms with E-state index < -0.39 is 47.6 Å². The predicted octanol–water partition coefficient (Wildman–Crippen LogP) is 1.92. The van der Waals surface area contributed by atoms with Gasteiger partial charge in [-0.1, -0.05) is 29.8 Å². The molecule has 0 saturated heterocycles. The number of aryl methyl sites for hydroxylation is 1. The molecule has 0 fully saturated rings. The number of rotatable bonds is 6. The lowest BCUT2D eigenvalue weighted by atomic mass is 10.0. The summed E-state index contributed by atoms with van der Waals surface area (Å²) in [5.74, 6) is -3.85. The van der Waals surface area contributed by atoms with Gasteiger partial charge in [0.05, 0.1) is 4.92 Å². The molecule has 0 spiro atoms. The van der Waals surface area contributed by atoms with Crippen molar-refractivity contribution in [2.24, 2.45) is 0 Å². The lowest BCUT2D eigenvalue weighted by Crippen LogP contribution is -2.14. The lowest BCUT2D eigenvalue weighted by molar-refractivity contribution is -0.385. The van der Waals surface area contributed by atoms with E-state index in [1.54, 1.807) is 19.1 Å². The van der Waals surface area contributed by atoms with Gasteiger partial charge in [0.2, 0.25) is 5.75 Å². The molecule has 3 N–H and O–H groups in total. The average Bonchev–Trinajstić information content (AvgIpc) is 2.54. The highest BCUT2D eigenvalue weighted by atomic mass is 31.2. The molecule has 0 aliphatic carbocycles. The van der Waals surface area contributed by atoms with Gasteiger partial charge in [-0.15, -0.1) is 0 Å². The molecule has 27 heavy (non-hydrogen) atoms. The molecule has 0 bridgehead atoms. The van der Waals surface area contributed by atoms with Crippen molar-refractivity contribution >= 4 is 25.0 Å². The highest BCUT2D eigenvalue weighted by Gasteiger charge is 2.27. The highest BCUT2D eigenvalue weighted by molar-refractivity contribution is 7.52. The first-order valence-corrected chi connectivity index (χ1v) is 9.15. The molecule has 0 unspecified atom stereocenters. The van der Waals surface area contributed by atoms with Crippen LogP contribution < -0.4 is 4.74 Å². The number of nitro groups is 1. The summed E-state index contributed by atoms with van der Waals surface area (Å²) in [6, 6.07) is 8.01. The maximum absolute atomic E-state index is 12.5. The molecule has 2 aromatic carbocycles. The van der Waals surface area contributed by atoms with Gasteiger partial charge in [0.25, 0.3) is 0 Å². The van der Waals surface area contributed by atoms with Crippen LogP contribution in [0.3, 0.4) is 0 Å². The van der Waals surface area contributed by atoms with E-state index in [0.29, 0.717) is 0 Å². The molecule has 0 aromatic heterocycles. The molecule has 2 rings (SSSR count). The summed E-state index contributed by atoms with van der Waals surface area (Å²) in [5, 5.41) is 21.0. The van der Waals surface area contributed by atoms with Gasteiger partial charge in [-0.3, -0.25) is 24.3 Å². The van der Waals surface area contributed by atoms with Crippen LogP contribution in [0, 0.1) is 17.0 Å². The highest BCUT2D eigenvalue weighted by Crippen LogP contribution is 2.39. The third kappa shape index (κ3) is 5.20. The van der Waals surface area contributed by atoms with Crippen molar-refractivity contribution in [3.05, 3.63) is 63.2 Å². The van der Waals surface area contributed by atoms with E-state index in [4.69, 9.17) is 9.79 Å². The molecule has 0 radical (unpaired) electrons. The monoisotopic (exact) mass is 395 g/mol. The van der Waals surface area contributed by atoms with Crippen LogP contribution in [0.25, 0.3) is 0 Å². The van der Waals surface area contributed by atoms with Gasteiger partial charge in [-0.2, -0.15) is 0 Å². The van der Waals surface area contributed by atoms with Gasteiger partial charge in [0.1, 0.15) is 6.16 Å². The summed E-state index contributed by atoms with van der Waals surface area (Å²) < 4.78 is 15.5. The zero-order valence-corrected chi connectivity index (χ0v) is 14.8. The molecule has 0 heterocycles. The van der Waals surface area contributed by atoms with Crippen LogP contribution in [-0.4, -0.2) is 37.7 Å². The molecule has 0 aliphatic rings. The second-order valence-electron chi connectivity index (χ2n) is 5.59. The average molecular weight is 395 g/mol. The Bertz CT molecular complexity index is 963. The van der Waals surface area contributed by atoms with E-state index in [-0.39, 0.29) is 11.1 Å². The number of phenolic OH excluding ortho intramolecular Hbond substituents is 1. The van der Waals surface area contributed by atoms with Crippen LogP contribution >= 0.6 is 7.60 Å². The maximum Gasteiger partial charge on any atom is 0.336 e. The molecular formula is C16H14NO9P. The summed E-state index contributed by atoms with van der Waals surface area (Å²) in [4.78, 5) is 51.8. The number of benzene rings is 2. The number of ketones is 1. The Morgan fingerprint density at radius 3 is 2.26 bits per heavy atom. The Hall–Kier alpha value is -3.07. The number of ether oxygens (including phenoxy) is 1. The minimum atomic E-state index is -4.75. The van der Waals surface area contributed by atoms with Crippen molar-refractivity contribution in [2.45, 2.75) is 6.92 Å². The fourth-order valence-corrected chi connectivity index (χ4v) is 2.54. The number of esters is 1. The quantitative estimate of drug-likeness (QED) is 0.165. The largest absolute Gasteiger partial charge is 0.499 e. The van der Waals surface area contributed by atoms with Crippen LogP contribution in [0.1, 0.15) is 21.5 Å². The predicted molar refractivity (Wildman–Crippen MR) is 91.9 cm³/mol. The van der Waals surface area contributed by atoms with Crippen LogP contribution in [0.4, 0.5) is 5.69 Å². The summed E-state index contributed by atoms with van der Waals surface area (Å²) >= 11 is 0. The molecule has 11 heteroatoms. The second-order valence-corrected chi connectivity index (χ2v) is 7.24. The van der Waals surface area contributed by atoms with Crippen LogP contribution in [0.5, 0.6) is 11.5 Å². The van der Waals surface area contributed by atoms with Crippen LogP contribution in [0.15, 0.2) is 36.4 Å². The third-order valence-corrected chi connectivity index (χ3v) is 4.06. The third-order valence-electron chi connectivity index (χ3n) is 3.39. The first-order valence-electron chi connectivity index (χ1n) is 7.36. The van der Waals surface area contributed by atoms with Crippen molar-refractivity contribution in [3.63, 3.8) is 0 Å². The number of hydrogen-bond acceptors (Lipinski definition) is 7. The molecule has 0 amide bonds. The second kappa shape index (κ2) is 7.67. The molecule has 0 atom stereocenters. The molecular weight excluding hydrogens is 381 g/mol. The van der Waals surface area contributed by atoms with Gasteiger partial charge in [0, 0.05) is 17.2 Å². The van der Waals surface area contributed by atoms with E-state index in [0.717, 1.165) is 17.7 Å². The number of phenols is 1.